The first-order valence-electron chi connectivity index (χ1n) is 5.52. The van der Waals surface area contributed by atoms with E-state index in [1.54, 1.807) is 13.8 Å². The minimum absolute atomic E-state index is 0.0317. The second-order valence-corrected chi connectivity index (χ2v) is 5.04. The van der Waals surface area contributed by atoms with Gasteiger partial charge in [-0.15, -0.1) is 0 Å². The molecule has 0 aromatic rings. The van der Waals surface area contributed by atoms with Crippen LogP contribution in [0.15, 0.2) is 0 Å². The molecule has 0 rings (SSSR count). The summed E-state index contributed by atoms with van der Waals surface area (Å²) < 4.78 is 0. The molecule has 0 amide bonds. The van der Waals surface area contributed by atoms with E-state index < -0.39 is 11.6 Å². The summed E-state index contributed by atoms with van der Waals surface area (Å²) in [6, 6.07) is 0. The zero-order valence-electron chi connectivity index (χ0n) is 10.7. The molecule has 0 aromatic heterocycles. The maximum Gasteiger partial charge on any atom is 0.317 e. The Morgan fingerprint density at radius 1 is 1.19 bits per heavy atom. The molecule has 5 nitrogen and oxygen atoms in total. The molecule has 0 atom stereocenters. The van der Waals surface area contributed by atoms with Gasteiger partial charge < -0.3 is 15.1 Å². The minimum Gasteiger partial charge on any atom is -0.480 e. The third-order valence-corrected chi connectivity index (χ3v) is 2.26. The van der Waals surface area contributed by atoms with Crippen LogP contribution in [0.5, 0.6) is 0 Å². The van der Waals surface area contributed by atoms with Gasteiger partial charge >= 0.3 is 5.97 Å². The van der Waals surface area contributed by atoms with E-state index in [0.29, 0.717) is 19.5 Å². The van der Waals surface area contributed by atoms with E-state index in [0.717, 1.165) is 6.54 Å². The second-order valence-electron chi connectivity index (χ2n) is 5.04. The predicted octanol–water partition coefficient (Wildman–Crippen LogP) is 0.0956. The molecule has 0 spiro atoms. The minimum atomic E-state index is -0.825. The Bertz CT molecular complexity index is 212. The first-order chi connectivity index (χ1) is 7.20. The molecule has 2 N–H and O–H groups in total. The van der Waals surface area contributed by atoms with Crippen LogP contribution in [-0.4, -0.2) is 71.9 Å². The number of nitrogens with zero attached hydrogens (tertiary/aromatic N) is 2. The third kappa shape index (κ3) is 9.89. The molecule has 96 valence electrons. The maximum atomic E-state index is 10.7. The lowest BCUT2D eigenvalue weighted by molar-refractivity contribution is -0.138. The van der Waals surface area contributed by atoms with Crippen molar-refractivity contribution in [2.45, 2.75) is 25.9 Å². The van der Waals surface area contributed by atoms with Crippen molar-refractivity contribution in [1.29, 1.82) is 0 Å². The molecule has 0 saturated carbocycles. The maximum absolute atomic E-state index is 10.7. The topological polar surface area (TPSA) is 64.0 Å². The van der Waals surface area contributed by atoms with Gasteiger partial charge in [0.25, 0.3) is 0 Å². The van der Waals surface area contributed by atoms with Crippen molar-refractivity contribution in [3.63, 3.8) is 0 Å². The number of carbonyl (C=O) groups is 1. The molecule has 0 aliphatic carbocycles. The number of likely N-dealkylation sites (N-methyl/N-ethyl adjacent to an activating group) is 1. The normalized spacial score (nSPS) is 12.4. The molecular formula is C11H24N2O3. The van der Waals surface area contributed by atoms with Crippen molar-refractivity contribution in [1.82, 2.24) is 9.80 Å². The van der Waals surface area contributed by atoms with Gasteiger partial charge in [0.2, 0.25) is 0 Å². The molecule has 0 unspecified atom stereocenters. The molecular weight excluding hydrogens is 208 g/mol. The Morgan fingerprint density at radius 3 is 2.12 bits per heavy atom. The lowest BCUT2D eigenvalue weighted by Gasteiger charge is -2.25. The van der Waals surface area contributed by atoms with Crippen molar-refractivity contribution in [2.24, 2.45) is 0 Å². The zero-order chi connectivity index (χ0) is 12.8. The van der Waals surface area contributed by atoms with Gasteiger partial charge in [-0.05, 0) is 34.4 Å². The Hall–Kier alpha value is -0.650. The Kier molecular flexibility index (Phi) is 6.55. The van der Waals surface area contributed by atoms with Gasteiger partial charge in [-0.1, -0.05) is 0 Å². The first kappa shape index (κ1) is 15.3. The molecule has 0 aliphatic rings. The molecule has 5 heteroatoms. The van der Waals surface area contributed by atoms with Gasteiger partial charge in [0.05, 0.1) is 12.1 Å². The quantitative estimate of drug-likeness (QED) is 0.621. The van der Waals surface area contributed by atoms with Crippen molar-refractivity contribution < 1.29 is 15.0 Å². The summed E-state index contributed by atoms with van der Waals surface area (Å²) in [5.41, 5.74) is -0.741. The van der Waals surface area contributed by atoms with E-state index in [2.05, 4.69) is 0 Å². The van der Waals surface area contributed by atoms with Gasteiger partial charge in [-0.2, -0.15) is 0 Å². The predicted molar refractivity (Wildman–Crippen MR) is 63.5 cm³/mol. The van der Waals surface area contributed by atoms with Gasteiger partial charge in [0, 0.05) is 19.6 Å². The third-order valence-electron chi connectivity index (χ3n) is 2.26. The van der Waals surface area contributed by atoms with E-state index in [9.17, 15) is 9.90 Å². The average Bonchev–Trinajstić information content (AvgIpc) is 2.07. The molecule has 0 radical (unpaired) electrons. The largest absolute Gasteiger partial charge is 0.480 e. The lowest BCUT2D eigenvalue weighted by atomic mass is 10.1. The van der Waals surface area contributed by atoms with E-state index in [-0.39, 0.29) is 6.54 Å². The highest BCUT2D eigenvalue weighted by Crippen LogP contribution is 2.08. The Balaban J connectivity index is 4.05. The number of hydrogen-bond acceptors (Lipinski definition) is 4. The molecule has 0 fully saturated rings. The summed E-state index contributed by atoms with van der Waals surface area (Å²) in [6.07, 6.45) is 0.577. The van der Waals surface area contributed by atoms with E-state index >= 15 is 0 Å². The summed E-state index contributed by atoms with van der Waals surface area (Å²) in [5, 5.41) is 18.4. The van der Waals surface area contributed by atoms with Crippen LogP contribution in [0, 0.1) is 0 Å². The summed E-state index contributed by atoms with van der Waals surface area (Å²) in [5.74, 6) is -0.825. The summed E-state index contributed by atoms with van der Waals surface area (Å²) in [7, 11) is 3.91. The smallest absolute Gasteiger partial charge is 0.317 e. The summed E-state index contributed by atoms with van der Waals surface area (Å²) in [6.45, 7) is 5.62. The van der Waals surface area contributed by atoms with E-state index in [4.69, 9.17) is 5.11 Å². The number of carboxylic acids is 1. The van der Waals surface area contributed by atoms with Crippen LogP contribution in [0.1, 0.15) is 20.3 Å². The van der Waals surface area contributed by atoms with Crippen molar-refractivity contribution >= 4 is 5.97 Å². The van der Waals surface area contributed by atoms with Crippen molar-refractivity contribution in [2.75, 3.05) is 40.3 Å². The second kappa shape index (κ2) is 6.83. The number of carboxylic acid groups (broad SMARTS) is 1. The summed E-state index contributed by atoms with van der Waals surface area (Å²) >= 11 is 0. The van der Waals surface area contributed by atoms with Gasteiger partial charge in [-0.25, -0.2) is 0 Å². The molecule has 0 aromatic carbocycles. The molecule has 16 heavy (non-hydrogen) atoms. The number of rotatable bonds is 8. The molecule has 0 heterocycles. The van der Waals surface area contributed by atoms with Crippen molar-refractivity contribution in [3.05, 3.63) is 0 Å². The van der Waals surface area contributed by atoms with Gasteiger partial charge in [0.1, 0.15) is 0 Å². The lowest BCUT2D eigenvalue weighted by Crippen LogP contribution is -2.38. The van der Waals surface area contributed by atoms with Gasteiger partial charge in [-0.3, -0.25) is 9.69 Å². The van der Waals surface area contributed by atoms with Crippen LogP contribution in [-0.2, 0) is 4.79 Å². The fraction of sp³-hybridized carbons (Fsp3) is 0.909. The highest BCUT2D eigenvalue weighted by atomic mass is 16.4. The highest BCUT2D eigenvalue weighted by Gasteiger charge is 2.16. The van der Waals surface area contributed by atoms with Crippen LogP contribution in [0.2, 0.25) is 0 Å². The van der Waals surface area contributed by atoms with Crippen LogP contribution >= 0.6 is 0 Å². The van der Waals surface area contributed by atoms with Gasteiger partial charge in [0.15, 0.2) is 0 Å². The Morgan fingerprint density at radius 2 is 1.75 bits per heavy atom. The van der Waals surface area contributed by atoms with Crippen LogP contribution in [0.4, 0.5) is 0 Å². The van der Waals surface area contributed by atoms with Crippen LogP contribution in [0.25, 0.3) is 0 Å². The van der Waals surface area contributed by atoms with E-state index in [1.165, 1.54) is 0 Å². The fourth-order valence-electron chi connectivity index (χ4n) is 1.23. The number of hydrogen-bond donors (Lipinski definition) is 2. The van der Waals surface area contributed by atoms with Crippen LogP contribution in [0.3, 0.4) is 0 Å². The molecule has 0 bridgehead atoms. The average molecular weight is 232 g/mol. The standard InChI is InChI=1S/C11H24N2O3/c1-11(2,16)5-6-13(9-10(14)15)8-7-12(3)4/h16H,5-9H2,1-4H3,(H,14,15). The molecule has 0 saturated heterocycles. The summed E-state index contributed by atoms with van der Waals surface area (Å²) in [4.78, 5) is 14.5. The van der Waals surface area contributed by atoms with Crippen LogP contribution < -0.4 is 0 Å². The highest BCUT2D eigenvalue weighted by molar-refractivity contribution is 5.69. The fourth-order valence-corrected chi connectivity index (χ4v) is 1.23. The number of aliphatic carboxylic acids is 1. The first-order valence-corrected chi connectivity index (χ1v) is 5.52. The SMILES string of the molecule is CN(C)CCN(CCC(C)(C)O)CC(=O)O. The van der Waals surface area contributed by atoms with Crippen molar-refractivity contribution in [3.8, 4) is 0 Å². The zero-order valence-corrected chi connectivity index (χ0v) is 10.7. The monoisotopic (exact) mass is 232 g/mol. The Labute approximate surface area is 97.7 Å². The molecule has 0 aliphatic heterocycles. The number of aliphatic hydroxyl groups is 1. The van der Waals surface area contributed by atoms with E-state index in [1.807, 2.05) is 23.9 Å².